The summed E-state index contributed by atoms with van der Waals surface area (Å²) in [4.78, 5) is 2.27. The van der Waals surface area contributed by atoms with Gasteiger partial charge in [-0.3, -0.25) is 5.41 Å². The van der Waals surface area contributed by atoms with Crippen LogP contribution in [0.4, 0.5) is 0 Å². The van der Waals surface area contributed by atoms with Crippen molar-refractivity contribution in [2.75, 3.05) is 0 Å². The van der Waals surface area contributed by atoms with Crippen LogP contribution in [-0.4, -0.2) is 5.84 Å². The molecule has 3 heteroatoms. The number of fused-ring (bicyclic) bond motifs is 4. The van der Waals surface area contributed by atoms with E-state index in [1.807, 2.05) is 6.08 Å². The van der Waals surface area contributed by atoms with Crippen LogP contribution < -0.4 is 16.2 Å². The standard InChI is InChI=1S/C30H28N2S/c1-19-7-2-3-8-20(19)21-9-4-10-22-24(21)14-15-26-23-11-5-12-28(27(23)17-16-25(22)26)33-18-6-13-29(33)30(31)32/h2-3,5-8,11-15,17-18,33H,4,9-10,16H2,1H3,(H3,31,32). The lowest BCUT2D eigenvalue weighted by atomic mass is 9.83. The summed E-state index contributed by atoms with van der Waals surface area (Å²) in [6.45, 7) is 2.23. The molecule has 1 heterocycles. The number of hydrogen-bond acceptors (Lipinski definition) is 1. The molecule has 0 saturated heterocycles. The summed E-state index contributed by atoms with van der Waals surface area (Å²) in [5, 5.41) is 15.7. The van der Waals surface area contributed by atoms with E-state index in [1.54, 1.807) is 5.56 Å². The van der Waals surface area contributed by atoms with Gasteiger partial charge in [0.1, 0.15) is 5.84 Å². The smallest absolute Gasteiger partial charge is 0.128 e. The first-order valence-electron chi connectivity index (χ1n) is 11.7. The second-order valence-electron chi connectivity index (χ2n) is 9.09. The first-order valence-corrected chi connectivity index (χ1v) is 13.1. The van der Waals surface area contributed by atoms with E-state index in [0.717, 1.165) is 24.2 Å². The summed E-state index contributed by atoms with van der Waals surface area (Å²) in [6.07, 6.45) is 11.0. The zero-order valence-electron chi connectivity index (χ0n) is 18.9. The Morgan fingerprint density at radius 2 is 1.76 bits per heavy atom. The van der Waals surface area contributed by atoms with Crippen molar-refractivity contribution in [1.82, 2.24) is 0 Å². The Morgan fingerprint density at radius 3 is 2.61 bits per heavy atom. The first kappa shape index (κ1) is 20.3. The van der Waals surface area contributed by atoms with E-state index in [1.165, 1.54) is 54.5 Å². The van der Waals surface area contributed by atoms with Gasteiger partial charge in [-0.15, -0.1) is 0 Å². The maximum atomic E-state index is 8.01. The van der Waals surface area contributed by atoms with Crippen LogP contribution >= 0.6 is 10.9 Å². The molecule has 3 aromatic carbocycles. The topological polar surface area (TPSA) is 49.9 Å². The first-order chi connectivity index (χ1) is 16.1. The fraction of sp³-hybridized carbons (Fsp3) is 0.167. The van der Waals surface area contributed by atoms with Gasteiger partial charge in [-0.1, -0.05) is 60.7 Å². The van der Waals surface area contributed by atoms with Crippen LogP contribution in [0.1, 0.15) is 35.1 Å². The van der Waals surface area contributed by atoms with Gasteiger partial charge in [0.2, 0.25) is 0 Å². The van der Waals surface area contributed by atoms with Gasteiger partial charge < -0.3 is 5.73 Å². The average Bonchev–Trinajstić information content (AvgIpc) is 3.33. The molecule has 1 aliphatic heterocycles. The molecule has 1 atom stereocenters. The molecule has 3 aliphatic rings. The van der Waals surface area contributed by atoms with Gasteiger partial charge in [-0.2, -0.15) is 10.9 Å². The minimum atomic E-state index is -0.702. The monoisotopic (exact) mass is 448 g/mol. The summed E-state index contributed by atoms with van der Waals surface area (Å²) < 4.78 is 0. The fourth-order valence-electron chi connectivity index (χ4n) is 5.74. The SMILES string of the molecule is Cc1ccccc1C1=c2ccc3c(c2CCC1)CC=c1c([SH]2C=CC=C2C(=N)N)cccc1=3. The molecule has 1 unspecified atom stereocenters. The molecule has 0 amide bonds. The number of benzene rings is 3. The molecule has 164 valence electrons. The Balaban J connectivity index is 1.62. The van der Waals surface area contributed by atoms with Crippen LogP contribution in [0.5, 0.6) is 0 Å². The van der Waals surface area contributed by atoms with Crippen molar-refractivity contribution in [1.29, 1.82) is 5.41 Å². The van der Waals surface area contributed by atoms with Crippen LogP contribution in [0.2, 0.25) is 0 Å². The summed E-state index contributed by atoms with van der Waals surface area (Å²) in [5.41, 5.74) is 13.2. The van der Waals surface area contributed by atoms with Crippen LogP contribution in [0.3, 0.4) is 0 Å². The second-order valence-corrected chi connectivity index (χ2v) is 11.1. The van der Waals surface area contributed by atoms with Crippen LogP contribution in [0.15, 0.2) is 82.0 Å². The molecule has 0 saturated carbocycles. The van der Waals surface area contributed by atoms with Gasteiger partial charge >= 0.3 is 0 Å². The summed E-state index contributed by atoms with van der Waals surface area (Å²) >= 11 is 0. The molecule has 0 bridgehead atoms. The molecular formula is C30H28N2S. The Hall–Kier alpha value is -3.30. The van der Waals surface area contributed by atoms with Gasteiger partial charge in [0, 0.05) is 9.80 Å². The Morgan fingerprint density at radius 1 is 0.909 bits per heavy atom. The minimum Gasteiger partial charge on any atom is -0.383 e. The third kappa shape index (κ3) is 3.22. The Kier molecular flexibility index (Phi) is 4.88. The molecule has 0 radical (unpaired) electrons. The predicted molar refractivity (Wildman–Crippen MR) is 141 cm³/mol. The molecule has 2 nitrogen and oxygen atoms in total. The van der Waals surface area contributed by atoms with Crippen molar-refractivity contribution in [3.8, 4) is 0 Å². The fourth-order valence-corrected chi connectivity index (χ4v) is 7.80. The molecule has 3 aromatic rings. The maximum Gasteiger partial charge on any atom is 0.128 e. The molecule has 33 heavy (non-hydrogen) atoms. The molecular weight excluding hydrogens is 420 g/mol. The highest BCUT2D eigenvalue weighted by Crippen LogP contribution is 2.46. The highest BCUT2D eigenvalue weighted by Gasteiger charge is 2.20. The lowest BCUT2D eigenvalue weighted by Gasteiger charge is -2.23. The number of nitrogens with one attached hydrogen (secondary N) is 1. The van der Waals surface area contributed by atoms with Gasteiger partial charge in [-0.25, -0.2) is 0 Å². The number of thiol groups is 1. The van der Waals surface area contributed by atoms with E-state index in [4.69, 9.17) is 11.1 Å². The number of rotatable bonds is 3. The summed E-state index contributed by atoms with van der Waals surface area (Å²) in [6, 6.07) is 20.2. The number of amidine groups is 1. The number of nitrogens with two attached hydrogens (primary N) is 1. The molecule has 0 fully saturated rings. The van der Waals surface area contributed by atoms with Crippen LogP contribution in [-0.2, 0) is 12.8 Å². The molecule has 3 N–H and O–H groups in total. The lowest BCUT2D eigenvalue weighted by molar-refractivity contribution is 0.808. The molecule has 6 rings (SSSR count). The number of aryl methyl sites for hydroxylation is 1. The number of allylic oxidation sites excluding steroid dienone is 2. The summed E-state index contributed by atoms with van der Waals surface area (Å²) in [5.74, 6) is 0.188. The molecule has 0 aromatic heterocycles. The zero-order valence-corrected chi connectivity index (χ0v) is 19.8. The molecule has 2 aliphatic carbocycles. The van der Waals surface area contributed by atoms with Gasteiger partial charge in [-0.05, 0) is 98.9 Å². The van der Waals surface area contributed by atoms with Crippen LogP contribution in [0, 0.1) is 22.8 Å². The predicted octanol–water partition coefficient (Wildman–Crippen LogP) is 4.86. The highest BCUT2D eigenvalue weighted by molar-refractivity contribution is 8.23. The van der Waals surface area contributed by atoms with Crippen molar-refractivity contribution in [3.63, 3.8) is 0 Å². The van der Waals surface area contributed by atoms with Crippen molar-refractivity contribution < 1.29 is 0 Å². The molecule has 0 spiro atoms. The Labute approximate surface area is 197 Å². The lowest BCUT2D eigenvalue weighted by Crippen LogP contribution is -2.24. The van der Waals surface area contributed by atoms with E-state index in [-0.39, 0.29) is 5.84 Å². The third-order valence-corrected chi connectivity index (χ3v) is 9.54. The van der Waals surface area contributed by atoms with E-state index in [9.17, 15) is 0 Å². The van der Waals surface area contributed by atoms with Crippen molar-refractivity contribution in [3.05, 3.63) is 120 Å². The van der Waals surface area contributed by atoms with Gasteiger partial charge in [0.25, 0.3) is 0 Å². The number of hydrogen-bond donors (Lipinski definition) is 3. The van der Waals surface area contributed by atoms with Crippen molar-refractivity contribution in [2.24, 2.45) is 5.73 Å². The zero-order chi connectivity index (χ0) is 22.5. The van der Waals surface area contributed by atoms with E-state index in [0.29, 0.717) is 0 Å². The summed E-state index contributed by atoms with van der Waals surface area (Å²) in [7, 11) is -0.702. The van der Waals surface area contributed by atoms with E-state index in [2.05, 4.69) is 79.1 Å². The second kappa shape index (κ2) is 7.93. The largest absolute Gasteiger partial charge is 0.383 e. The van der Waals surface area contributed by atoms with Crippen molar-refractivity contribution >= 4 is 28.4 Å². The van der Waals surface area contributed by atoms with Crippen molar-refractivity contribution in [2.45, 2.75) is 37.5 Å². The van der Waals surface area contributed by atoms with Gasteiger partial charge in [0.05, 0.1) is 0 Å². The highest BCUT2D eigenvalue weighted by atomic mass is 32.2. The van der Waals surface area contributed by atoms with Crippen LogP contribution in [0.25, 0.3) is 11.6 Å². The quantitative estimate of drug-likeness (QED) is 0.299. The third-order valence-electron chi connectivity index (χ3n) is 7.25. The van der Waals surface area contributed by atoms with E-state index < -0.39 is 10.9 Å². The maximum absolute atomic E-state index is 8.01. The Bertz CT molecular complexity index is 1610. The minimum absolute atomic E-state index is 0.188. The van der Waals surface area contributed by atoms with E-state index >= 15 is 0 Å². The average molecular weight is 449 g/mol. The van der Waals surface area contributed by atoms with Gasteiger partial charge in [0.15, 0.2) is 0 Å². The normalized spacial score (nSPS) is 19.2.